The summed E-state index contributed by atoms with van der Waals surface area (Å²) >= 11 is 0. The molecule has 0 bridgehead atoms. The second-order valence-corrected chi connectivity index (χ2v) is 7.16. The number of carbonyl (C=O) groups excluding carboxylic acids is 1. The van der Waals surface area contributed by atoms with Crippen molar-refractivity contribution in [1.82, 2.24) is 20.2 Å². The normalized spacial score (nSPS) is 19.3. The molecule has 0 radical (unpaired) electrons. The van der Waals surface area contributed by atoms with Gasteiger partial charge in [-0.15, -0.1) is 0 Å². The number of imidazole rings is 1. The molecule has 2 aliphatic heterocycles. The Bertz CT molecular complexity index is 717. The van der Waals surface area contributed by atoms with Crippen LogP contribution in [0.4, 0.5) is 0 Å². The summed E-state index contributed by atoms with van der Waals surface area (Å²) in [6.45, 7) is 4.08. The van der Waals surface area contributed by atoms with Crippen molar-refractivity contribution < 1.29 is 4.79 Å². The zero-order chi connectivity index (χ0) is 17.1. The van der Waals surface area contributed by atoms with E-state index in [0.717, 1.165) is 69.8 Å². The predicted molar refractivity (Wildman–Crippen MR) is 97.8 cm³/mol. The van der Waals surface area contributed by atoms with Crippen LogP contribution in [0.5, 0.6) is 0 Å². The van der Waals surface area contributed by atoms with Gasteiger partial charge in [0.25, 0.3) is 5.91 Å². The van der Waals surface area contributed by atoms with E-state index in [1.165, 1.54) is 5.56 Å². The molecule has 5 heteroatoms. The molecular weight excluding hydrogens is 312 g/mol. The number of H-pyrrole nitrogens is 1. The Balaban J connectivity index is 1.33. The van der Waals surface area contributed by atoms with Gasteiger partial charge in [0.1, 0.15) is 11.5 Å². The van der Waals surface area contributed by atoms with Crippen molar-refractivity contribution in [3.05, 3.63) is 53.1 Å². The summed E-state index contributed by atoms with van der Waals surface area (Å²) in [4.78, 5) is 22.7. The fourth-order valence-electron chi connectivity index (χ4n) is 3.90. The van der Waals surface area contributed by atoms with Gasteiger partial charge >= 0.3 is 0 Å². The summed E-state index contributed by atoms with van der Waals surface area (Å²) in [6, 6.07) is 10.7. The van der Waals surface area contributed by atoms with Crippen LogP contribution in [0.15, 0.2) is 30.3 Å². The van der Waals surface area contributed by atoms with Crippen molar-refractivity contribution in [2.45, 2.75) is 38.0 Å². The minimum atomic E-state index is -0.0182. The highest BCUT2D eigenvalue weighted by molar-refractivity contribution is 5.93. The second kappa shape index (κ2) is 7.40. The van der Waals surface area contributed by atoms with Crippen LogP contribution < -0.4 is 5.32 Å². The Labute approximate surface area is 148 Å². The smallest absolute Gasteiger partial charge is 0.271 e. The third-order valence-electron chi connectivity index (χ3n) is 5.44. The first-order chi connectivity index (χ1) is 12.3. The highest BCUT2D eigenvalue weighted by atomic mass is 16.1. The van der Waals surface area contributed by atoms with Crippen molar-refractivity contribution >= 4 is 5.91 Å². The number of benzene rings is 1. The van der Waals surface area contributed by atoms with Crippen molar-refractivity contribution in [3.8, 4) is 0 Å². The monoisotopic (exact) mass is 338 g/mol. The molecule has 0 unspecified atom stereocenters. The number of rotatable bonds is 4. The molecule has 2 aliphatic rings. The van der Waals surface area contributed by atoms with Gasteiger partial charge < -0.3 is 15.2 Å². The van der Waals surface area contributed by atoms with Crippen LogP contribution in [0.3, 0.4) is 0 Å². The number of fused-ring (bicyclic) bond motifs is 1. The molecule has 0 aliphatic carbocycles. The van der Waals surface area contributed by atoms with Gasteiger partial charge in [0.15, 0.2) is 0 Å². The van der Waals surface area contributed by atoms with Gasteiger partial charge in [0, 0.05) is 24.7 Å². The maximum absolute atomic E-state index is 12.1. The number of carbonyl (C=O) groups is 1. The third-order valence-corrected chi connectivity index (χ3v) is 5.44. The molecule has 1 amide bonds. The molecule has 1 aromatic heterocycles. The molecule has 1 saturated heterocycles. The summed E-state index contributed by atoms with van der Waals surface area (Å²) in [5.74, 6) is 1.45. The van der Waals surface area contributed by atoms with Gasteiger partial charge in [0.2, 0.25) is 0 Å². The Morgan fingerprint density at radius 3 is 2.76 bits per heavy atom. The quantitative estimate of drug-likeness (QED) is 0.900. The lowest BCUT2D eigenvalue weighted by atomic mass is 9.96. The molecule has 25 heavy (non-hydrogen) atoms. The predicted octanol–water partition coefficient (Wildman–Crippen LogP) is 2.51. The number of nitrogens with one attached hydrogen (secondary N) is 2. The first kappa shape index (κ1) is 16.3. The van der Waals surface area contributed by atoms with Gasteiger partial charge in [0.05, 0.1) is 0 Å². The molecule has 1 aromatic carbocycles. The number of piperidine rings is 1. The SMILES string of the molecule is O=C1NCCCc2[nH]c(C3CCN(CCc4ccccc4)CC3)nc21. The number of hydrogen-bond acceptors (Lipinski definition) is 3. The molecule has 5 nitrogen and oxygen atoms in total. The molecular formula is C20H26N4O. The van der Waals surface area contributed by atoms with E-state index < -0.39 is 0 Å². The van der Waals surface area contributed by atoms with Gasteiger partial charge in [-0.3, -0.25) is 4.79 Å². The van der Waals surface area contributed by atoms with Gasteiger partial charge in [-0.05, 0) is 50.8 Å². The largest absolute Gasteiger partial charge is 0.351 e. The maximum Gasteiger partial charge on any atom is 0.271 e. The third kappa shape index (κ3) is 3.76. The van der Waals surface area contributed by atoms with Crippen molar-refractivity contribution in [3.63, 3.8) is 0 Å². The summed E-state index contributed by atoms with van der Waals surface area (Å²) < 4.78 is 0. The number of hydrogen-bond donors (Lipinski definition) is 2. The summed E-state index contributed by atoms with van der Waals surface area (Å²) in [6.07, 6.45) is 5.24. The van der Waals surface area contributed by atoms with E-state index >= 15 is 0 Å². The highest BCUT2D eigenvalue weighted by Gasteiger charge is 2.26. The van der Waals surface area contributed by atoms with Crippen molar-refractivity contribution in [2.24, 2.45) is 0 Å². The zero-order valence-corrected chi connectivity index (χ0v) is 14.6. The highest BCUT2D eigenvalue weighted by Crippen LogP contribution is 2.27. The lowest BCUT2D eigenvalue weighted by Gasteiger charge is -2.31. The molecule has 2 aromatic rings. The number of aryl methyl sites for hydroxylation is 1. The van der Waals surface area contributed by atoms with E-state index in [-0.39, 0.29) is 5.91 Å². The van der Waals surface area contributed by atoms with Crippen molar-refractivity contribution in [1.29, 1.82) is 0 Å². The average molecular weight is 338 g/mol. The van der Waals surface area contributed by atoms with E-state index in [1.54, 1.807) is 0 Å². The van der Waals surface area contributed by atoms with Crippen LogP contribution in [0.1, 0.15) is 52.8 Å². The summed E-state index contributed by atoms with van der Waals surface area (Å²) in [5.41, 5.74) is 3.06. The first-order valence-corrected chi connectivity index (χ1v) is 9.43. The van der Waals surface area contributed by atoms with Crippen LogP contribution in [0.25, 0.3) is 0 Å². The standard InChI is InChI=1S/C20H26N4O/c25-20-18-17(7-4-11-21-20)22-19(23-18)16-9-13-24(14-10-16)12-8-15-5-2-1-3-6-15/h1-3,5-6,16H,4,7-14H2,(H,21,25)(H,22,23). The Hall–Kier alpha value is -2.14. The Kier molecular flexibility index (Phi) is 4.83. The van der Waals surface area contributed by atoms with Gasteiger partial charge in [-0.25, -0.2) is 4.98 Å². The number of aromatic nitrogens is 2. The van der Waals surface area contributed by atoms with Crippen LogP contribution >= 0.6 is 0 Å². The fraction of sp³-hybridized carbons (Fsp3) is 0.500. The van der Waals surface area contributed by atoms with E-state index in [9.17, 15) is 4.79 Å². The molecule has 0 spiro atoms. The summed E-state index contributed by atoms with van der Waals surface area (Å²) in [7, 11) is 0. The molecule has 0 atom stereocenters. The molecule has 4 rings (SSSR count). The van der Waals surface area contributed by atoms with Crippen LogP contribution in [0.2, 0.25) is 0 Å². The van der Waals surface area contributed by atoms with E-state index in [1.807, 2.05) is 0 Å². The molecule has 3 heterocycles. The van der Waals surface area contributed by atoms with Gasteiger partial charge in [-0.2, -0.15) is 0 Å². The zero-order valence-electron chi connectivity index (χ0n) is 14.6. The number of likely N-dealkylation sites (tertiary alicyclic amines) is 1. The van der Waals surface area contributed by atoms with Crippen LogP contribution in [-0.2, 0) is 12.8 Å². The van der Waals surface area contributed by atoms with Crippen LogP contribution in [-0.4, -0.2) is 47.0 Å². The fourth-order valence-corrected chi connectivity index (χ4v) is 3.90. The lowest BCUT2D eigenvalue weighted by Crippen LogP contribution is -2.34. The van der Waals surface area contributed by atoms with Crippen LogP contribution in [0, 0.1) is 0 Å². The van der Waals surface area contributed by atoms with Crippen molar-refractivity contribution in [2.75, 3.05) is 26.2 Å². The molecule has 2 N–H and O–H groups in total. The number of nitrogens with zero attached hydrogens (tertiary/aromatic N) is 2. The topological polar surface area (TPSA) is 61.0 Å². The second-order valence-electron chi connectivity index (χ2n) is 7.16. The first-order valence-electron chi connectivity index (χ1n) is 9.43. The average Bonchev–Trinajstić information content (AvgIpc) is 3.01. The molecule has 132 valence electrons. The minimum absolute atomic E-state index is 0.0182. The number of amides is 1. The summed E-state index contributed by atoms with van der Waals surface area (Å²) in [5, 5.41) is 2.93. The maximum atomic E-state index is 12.1. The molecule has 1 fully saturated rings. The van der Waals surface area contributed by atoms with E-state index in [4.69, 9.17) is 0 Å². The van der Waals surface area contributed by atoms with Gasteiger partial charge in [-0.1, -0.05) is 30.3 Å². The number of aromatic amines is 1. The van der Waals surface area contributed by atoms with E-state index in [2.05, 4.69) is 50.5 Å². The Morgan fingerprint density at radius 2 is 1.96 bits per heavy atom. The minimum Gasteiger partial charge on any atom is -0.351 e. The molecule has 0 saturated carbocycles. The lowest BCUT2D eigenvalue weighted by molar-refractivity contribution is 0.0951. The van der Waals surface area contributed by atoms with E-state index in [0.29, 0.717) is 11.6 Å². The Morgan fingerprint density at radius 1 is 1.16 bits per heavy atom.